The Morgan fingerprint density at radius 1 is 1.36 bits per heavy atom. The van der Waals surface area contributed by atoms with E-state index < -0.39 is 5.82 Å². The summed E-state index contributed by atoms with van der Waals surface area (Å²) in [5.74, 6) is -0.330. The summed E-state index contributed by atoms with van der Waals surface area (Å²) in [5.41, 5.74) is 0.470. The van der Waals surface area contributed by atoms with Crippen LogP contribution in [0.15, 0.2) is 10.5 Å². The fourth-order valence-corrected chi connectivity index (χ4v) is 1.62. The lowest BCUT2D eigenvalue weighted by Crippen LogP contribution is -1.99. The number of aliphatic hydroxyl groups is 1. The third kappa shape index (κ3) is 1.83. The van der Waals surface area contributed by atoms with Crippen LogP contribution in [0.2, 0.25) is 0 Å². The van der Waals surface area contributed by atoms with Crippen LogP contribution in [0.1, 0.15) is 5.56 Å². The first-order valence-corrected chi connectivity index (χ1v) is 4.64. The Hall–Kier alpha value is -0.810. The molecule has 0 saturated carbocycles. The first-order valence-electron chi connectivity index (χ1n) is 3.85. The lowest BCUT2D eigenvalue weighted by molar-refractivity contribution is 0.267. The van der Waals surface area contributed by atoms with Crippen LogP contribution < -0.4 is 9.47 Å². The predicted molar refractivity (Wildman–Crippen MR) is 53.1 cm³/mol. The standard InChI is InChI=1S/C9H10BrFO3/c1-13-8-5(4-12)3-6(10)7(11)9(8)14-2/h3,12H,4H2,1-2H3. The van der Waals surface area contributed by atoms with Crippen molar-refractivity contribution in [3.8, 4) is 11.5 Å². The van der Waals surface area contributed by atoms with Crippen molar-refractivity contribution in [3.63, 3.8) is 0 Å². The van der Waals surface area contributed by atoms with Gasteiger partial charge in [0.2, 0.25) is 0 Å². The van der Waals surface area contributed by atoms with Gasteiger partial charge < -0.3 is 14.6 Å². The van der Waals surface area contributed by atoms with Crippen molar-refractivity contribution >= 4 is 15.9 Å². The van der Waals surface area contributed by atoms with Crippen molar-refractivity contribution in [2.45, 2.75) is 6.61 Å². The van der Waals surface area contributed by atoms with Gasteiger partial charge in [0.15, 0.2) is 17.3 Å². The molecule has 1 aromatic carbocycles. The van der Waals surface area contributed by atoms with Gasteiger partial charge in [-0.2, -0.15) is 0 Å². The van der Waals surface area contributed by atoms with E-state index in [9.17, 15) is 4.39 Å². The Labute approximate surface area is 89.6 Å². The average molecular weight is 265 g/mol. The van der Waals surface area contributed by atoms with Crippen molar-refractivity contribution in [1.29, 1.82) is 0 Å². The van der Waals surface area contributed by atoms with Crippen LogP contribution in [-0.2, 0) is 6.61 Å². The van der Waals surface area contributed by atoms with Gasteiger partial charge in [-0.05, 0) is 22.0 Å². The topological polar surface area (TPSA) is 38.7 Å². The number of halogens is 2. The molecule has 0 atom stereocenters. The molecule has 0 aliphatic rings. The minimum atomic E-state index is -0.540. The first kappa shape index (κ1) is 11.3. The minimum absolute atomic E-state index is 0.00840. The Morgan fingerprint density at radius 3 is 2.36 bits per heavy atom. The average Bonchev–Trinajstić information content (AvgIpc) is 2.20. The van der Waals surface area contributed by atoms with E-state index in [1.165, 1.54) is 20.3 Å². The summed E-state index contributed by atoms with van der Waals surface area (Å²) >= 11 is 3.02. The zero-order valence-corrected chi connectivity index (χ0v) is 9.39. The van der Waals surface area contributed by atoms with Gasteiger partial charge in [0, 0.05) is 5.56 Å². The second-order valence-electron chi connectivity index (χ2n) is 2.56. The molecular formula is C9H10BrFO3. The van der Waals surface area contributed by atoms with Gasteiger partial charge in [-0.25, -0.2) is 4.39 Å². The quantitative estimate of drug-likeness (QED) is 0.909. The fourth-order valence-electron chi connectivity index (χ4n) is 1.16. The highest BCUT2D eigenvalue weighted by Crippen LogP contribution is 2.37. The van der Waals surface area contributed by atoms with E-state index in [1.807, 2.05) is 0 Å². The number of rotatable bonds is 3. The number of hydrogen-bond acceptors (Lipinski definition) is 3. The third-order valence-corrected chi connectivity index (χ3v) is 2.36. The molecule has 5 heteroatoms. The largest absolute Gasteiger partial charge is 0.492 e. The smallest absolute Gasteiger partial charge is 0.198 e. The summed E-state index contributed by atoms with van der Waals surface area (Å²) in [4.78, 5) is 0. The summed E-state index contributed by atoms with van der Waals surface area (Å²) < 4.78 is 23.5. The molecule has 0 amide bonds. The van der Waals surface area contributed by atoms with E-state index in [1.54, 1.807) is 0 Å². The normalized spacial score (nSPS) is 10.1. The van der Waals surface area contributed by atoms with E-state index in [2.05, 4.69) is 15.9 Å². The fraction of sp³-hybridized carbons (Fsp3) is 0.333. The van der Waals surface area contributed by atoms with Crippen LogP contribution in [0.4, 0.5) is 4.39 Å². The SMILES string of the molecule is COc1c(CO)cc(Br)c(F)c1OC. The van der Waals surface area contributed by atoms with E-state index in [0.29, 0.717) is 5.56 Å². The number of ether oxygens (including phenoxy) is 2. The highest BCUT2D eigenvalue weighted by Gasteiger charge is 2.17. The molecule has 1 N–H and O–H groups in total. The summed E-state index contributed by atoms with van der Waals surface area (Å²) in [6.45, 7) is -0.238. The van der Waals surface area contributed by atoms with Gasteiger partial charge in [-0.1, -0.05) is 0 Å². The zero-order chi connectivity index (χ0) is 10.7. The van der Waals surface area contributed by atoms with Gasteiger partial charge >= 0.3 is 0 Å². The molecule has 0 heterocycles. The molecule has 0 spiro atoms. The predicted octanol–water partition coefficient (Wildman–Crippen LogP) is 2.10. The Kier molecular flexibility index (Phi) is 3.71. The van der Waals surface area contributed by atoms with E-state index in [4.69, 9.17) is 14.6 Å². The van der Waals surface area contributed by atoms with E-state index in [-0.39, 0.29) is 22.6 Å². The van der Waals surface area contributed by atoms with Crippen LogP contribution in [0.25, 0.3) is 0 Å². The maximum atomic E-state index is 13.4. The summed E-state index contributed by atoms with van der Waals surface area (Å²) in [6, 6.07) is 1.46. The molecule has 1 aromatic rings. The number of methoxy groups -OCH3 is 2. The molecule has 14 heavy (non-hydrogen) atoms. The molecule has 0 radical (unpaired) electrons. The number of hydrogen-bond donors (Lipinski definition) is 1. The summed E-state index contributed by atoms with van der Waals surface area (Å²) in [7, 11) is 2.74. The minimum Gasteiger partial charge on any atom is -0.492 e. The van der Waals surface area contributed by atoms with E-state index >= 15 is 0 Å². The van der Waals surface area contributed by atoms with Crippen molar-refractivity contribution in [3.05, 3.63) is 21.9 Å². The van der Waals surface area contributed by atoms with E-state index in [0.717, 1.165) is 0 Å². The molecule has 0 fully saturated rings. The maximum absolute atomic E-state index is 13.4. The van der Waals surface area contributed by atoms with Gasteiger partial charge in [0.25, 0.3) is 0 Å². The van der Waals surface area contributed by atoms with Crippen molar-refractivity contribution in [2.24, 2.45) is 0 Å². The second kappa shape index (κ2) is 4.61. The zero-order valence-electron chi connectivity index (χ0n) is 7.80. The lowest BCUT2D eigenvalue weighted by Gasteiger charge is -2.13. The lowest BCUT2D eigenvalue weighted by atomic mass is 10.2. The molecule has 1 rings (SSSR count). The summed E-state index contributed by atoms with van der Waals surface area (Å²) in [6.07, 6.45) is 0. The second-order valence-corrected chi connectivity index (χ2v) is 3.41. The molecule has 0 bridgehead atoms. The van der Waals surface area contributed by atoms with Crippen LogP contribution in [-0.4, -0.2) is 19.3 Å². The highest BCUT2D eigenvalue weighted by molar-refractivity contribution is 9.10. The first-order chi connectivity index (χ1) is 6.65. The molecule has 3 nitrogen and oxygen atoms in total. The van der Waals surface area contributed by atoms with Crippen LogP contribution in [0, 0.1) is 5.82 Å². The number of benzene rings is 1. The monoisotopic (exact) mass is 264 g/mol. The molecule has 0 saturated heterocycles. The molecule has 0 aliphatic carbocycles. The highest BCUT2D eigenvalue weighted by atomic mass is 79.9. The van der Waals surface area contributed by atoms with Gasteiger partial charge in [0.1, 0.15) is 0 Å². The van der Waals surface area contributed by atoms with Crippen molar-refractivity contribution in [1.82, 2.24) is 0 Å². The van der Waals surface area contributed by atoms with Crippen molar-refractivity contribution in [2.75, 3.05) is 14.2 Å². The van der Waals surface area contributed by atoms with Crippen LogP contribution in [0.5, 0.6) is 11.5 Å². The molecule has 0 unspecified atom stereocenters. The Morgan fingerprint density at radius 2 is 1.93 bits per heavy atom. The maximum Gasteiger partial charge on any atom is 0.198 e. The van der Waals surface area contributed by atoms with Crippen molar-refractivity contribution < 1.29 is 19.0 Å². The van der Waals surface area contributed by atoms with Gasteiger partial charge in [-0.15, -0.1) is 0 Å². The van der Waals surface area contributed by atoms with Gasteiger partial charge in [0.05, 0.1) is 25.3 Å². The molecular weight excluding hydrogens is 255 g/mol. The Bertz CT molecular complexity index is 341. The molecule has 78 valence electrons. The molecule has 0 aliphatic heterocycles. The third-order valence-electron chi connectivity index (χ3n) is 1.79. The van der Waals surface area contributed by atoms with Crippen LogP contribution >= 0.6 is 15.9 Å². The molecule has 0 aromatic heterocycles. The van der Waals surface area contributed by atoms with Crippen LogP contribution in [0.3, 0.4) is 0 Å². The Balaban J connectivity index is 3.42. The number of aliphatic hydroxyl groups excluding tert-OH is 1. The van der Waals surface area contributed by atoms with Gasteiger partial charge in [-0.3, -0.25) is 0 Å². The summed E-state index contributed by atoms with van der Waals surface area (Å²) in [5, 5.41) is 9.01.